The van der Waals surface area contributed by atoms with Gasteiger partial charge in [0.05, 0.1) is 13.2 Å². The SMILES string of the molecule is COCCn1ccc(NC(=O)N(Cc2cccnc2)C2CC2)n1. The summed E-state index contributed by atoms with van der Waals surface area (Å²) in [6.45, 7) is 1.81. The fraction of sp³-hybridized carbons (Fsp3) is 0.438. The molecular weight excluding hydrogens is 294 g/mol. The van der Waals surface area contributed by atoms with E-state index in [0.29, 0.717) is 31.6 Å². The Morgan fingerprint density at radius 3 is 3.04 bits per heavy atom. The van der Waals surface area contributed by atoms with Crippen LogP contribution in [0.1, 0.15) is 18.4 Å². The highest BCUT2D eigenvalue weighted by atomic mass is 16.5. The number of carbonyl (C=O) groups excluding carboxylic acids is 1. The number of methoxy groups -OCH3 is 1. The summed E-state index contributed by atoms with van der Waals surface area (Å²) in [5.74, 6) is 0.558. The van der Waals surface area contributed by atoms with E-state index >= 15 is 0 Å². The van der Waals surface area contributed by atoms with Crippen molar-refractivity contribution in [2.24, 2.45) is 0 Å². The molecule has 0 saturated heterocycles. The summed E-state index contributed by atoms with van der Waals surface area (Å²) in [4.78, 5) is 18.5. The van der Waals surface area contributed by atoms with Gasteiger partial charge in [-0.2, -0.15) is 5.10 Å². The molecule has 23 heavy (non-hydrogen) atoms. The monoisotopic (exact) mass is 315 g/mol. The van der Waals surface area contributed by atoms with Crippen LogP contribution in [0.4, 0.5) is 10.6 Å². The van der Waals surface area contributed by atoms with Gasteiger partial charge in [-0.3, -0.25) is 15.0 Å². The maximum absolute atomic E-state index is 12.5. The Hall–Kier alpha value is -2.41. The van der Waals surface area contributed by atoms with Crippen LogP contribution >= 0.6 is 0 Å². The molecule has 3 rings (SSSR count). The first-order valence-electron chi connectivity index (χ1n) is 7.75. The summed E-state index contributed by atoms with van der Waals surface area (Å²) < 4.78 is 6.77. The molecule has 2 amide bonds. The number of amides is 2. The first kappa shape index (κ1) is 15.5. The lowest BCUT2D eigenvalue weighted by Crippen LogP contribution is -2.36. The Morgan fingerprint density at radius 2 is 2.35 bits per heavy atom. The molecule has 0 unspecified atom stereocenters. The van der Waals surface area contributed by atoms with E-state index in [-0.39, 0.29) is 6.03 Å². The second kappa shape index (κ2) is 7.23. The van der Waals surface area contributed by atoms with E-state index in [2.05, 4.69) is 15.4 Å². The van der Waals surface area contributed by atoms with Crippen LogP contribution in [0.25, 0.3) is 0 Å². The number of ether oxygens (including phenoxy) is 1. The molecule has 7 heteroatoms. The number of nitrogens with zero attached hydrogens (tertiary/aromatic N) is 4. The first-order chi connectivity index (χ1) is 11.3. The van der Waals surface area contributed by atoms with Gasteiger partial charge in [0, 0.05) is 44.4 Å². The van der Waals surface area contributed by atoms with Crippen LogP contribution in [0.15, 0.2) is 36.8 Å². The summed E-state index contributed by atoms with van der Waals surface area (Å²) >= 11 is 0. The van der Waals surface area contributed by atoms with Crippen molar-refractivity contribution in [3.05, 3.63) is 42.4 Å². The Morgan fingerprint density at radius 1 is 1.48 bits per heavy atom. The quantitative estimate of drug-likeness (QED) is 0.849. The lowest BCUT2D eigenvalue weighted by Gasteiger charge is -2.22. The molecule has 0 spiro atoms. The summed E-state index contributed by atoms with van der Waals surface area (Å²) in [6, 6.07) is 5.85. The minimum atomic E-state index is -0.117. The smallest absolute Gasteiger partial charge is 0.323 e. The highest BCUT2D eigenvalue weighted by molar-refractivity contribution is 5.88. The van der Waals surface area contributed by atoms with Gasteiger partial charge in [-0.05, 0) is 24.5 Å². The molecule has 0 atom stereocenters. The van der Waals surface area contributed by atoms with Gasteiger partial charge in [-0.25, -0.2) is 4.79 Å². The lowest BCUT2D eigenvalue weighted by molar-refractivity contribution is 0.183. The van der Waals surface area contributed by atoms with Crippen LogP contribution in [0.2, 0.25) is 0 Å². The highest BCUT2D eigenvalue weighted by Crippen LogP contribution is 2.28. The summed E-state index contributed by atoms with van der Waals surface area (Å²) in [5.41, 5.74) is 1.03. The van der Waals surface area contributed by atoms with Gasteiger partial charge in [0.2, 0.25) is 0 Å². The largest absolute Gasteiger partial charge is 0.383 e. The number of nitrogens with one attached hydrogen (secondary N) is 1. The van der Waals surface area contributed by atoms with E-state index < -0.39 is 0 Å². The predicted molar refractivity (Wildman–Crippen MR) is 85.9 cm³/mol. The van der Waals surface area contributed by atoms with Crippen LogP contribution in [0, 0.1) is 0 Å². The zero-order valence-electron chi connectivity index (χ0n) is 13.2. The third-order valence-electron chi connectivity index (χ3n) is 3.72. The van der Waals surface area contributed by atoms with E-state index in [4.69, 9.17) is 4.74 Å². The van der Waals surface area contributed by atoms with Crippen molar-refractivity contribution in [3.8, 4) is 0 Å². The number of hydrogen-bond acceptors (Lipinski definition) is 4. The topological polar surface area (TPSA) is 72.3 Å². The van der Waals surface area contributed by atoms with E-state index in [1.54, 1.807) is 30.3 Å². The van der Waals surface area contributed by atoms with E-state index in [1.165, 1.54) is 0 Å². The van der Waals surface area contributed by atoms with E-state index in [1.807, 2.05) is 23.2 Å². The van der Waals surface area contributed by atoms with Gasteiger partial charge in [-0.1, -0.05) is 6.07 Å². The number of hydrogen-bond donors (Lipinski definition) is 1. The molecule has 2 heterocycles. The molecular formula is C16H21N5O2. The minimum Gasteiger partial charge on any atom is -0.383 e. The standard InChI is InChI=1S/C16H21N5O2/c1-23-10-9-20-8-6-15(19-20)18-16(22)21(14-4-5-14)12-13-3-2-7-17-11-13/h2-3,6-8,11,14H,4-5,9-10,12H2,1H3,(H,18,19,22). The van der Waals surface area contributed by atoms with Gasteiger partial charge < -0.3 is 9.64 Å². The summed E-state index contributed by atoms with van der Waals surface area (Å²) in [7, 11) is 1.65. The molecule has 0 aromatic carbocycles. The fourth-order valence-electron chi connectivity index (χ4n) is 2.36. The van der Waals surface area contributed by atoms with Crippen LogP contribution in [0.3, 0.4) is 0 Å². The molecule has 7 nitrogen and oxygen atoms in total. The molecule has 0 aliphatic heterocycles. The van der Waals surface area contributed by atoms with E-state index in [0.717, 1.165) is 18.4 Å². The molecule has 122 valence electrons. The zero-order chi connectivity index (χ0) is 16.1. The molecule has 2 aromatic rings. The van der Waals surface area contributed by atoms with Crippen LogP contribution < -0.4 is 5.32 Å². The number of pyridine rings is 1. The third kappa shape index (κ3) is 4.29. The molecule has 1 saturated carbocycles. The van der Waals surface area contributed by atoms with Crippen LogP contribution in [0.5, 0.6) is 0 Å². The van der Waals surface area contributed by atoms with E-state index in [9.17, 15) is 4.79 Å². The Labute approximate surface area is 135 Å². The number of urea groups is 1. The van der Waals surface area contributed by atoms with Gasteiger partial charge in [0.15, 0.2) is 5.82 Å². The lowest BCUT2D eigenvalue weighted by atomic mass is 10.2. The van der Waals surface area contributed by atoms with Crippen molar-refractivity contribution in [1.29, 1.82) is 0 Å². The maximum atomic E-state index is 12.5. The summed E-state index contributed by atoms with van der Waals surface area (Å²) in [5, 5.41) is 7.20. The fourth-order valence-corrected chi connectivity index (χ4v) is 2.36. The van der Waals surface area contributed by atoms with Crippen LogP contribution in [-0.4, -0.2) is 45.5 Å². The molecule has 1 fully saturated rings. The zero-order valence-corrected chi connectivity index (χ0v) is 13.2. The second-order valence-corrected chi connectivity index (χ2v) is 5.61. The molecule has 1 N–H and O–H groups in total. The Balaban J connectivity index is 1.61. The minimum absolute atomic E-state index is 0.117. The van der Waals surface area contributed by atoms with Crippen LogP contribution in [-0.2, 0) is 17.8 Å². The first-order valence-corrected chi connectivity index (χ1v) is 7.75. The number of anilines is 1. The molecule has 1 aliphatic carbocycles. The molecule has 0 radical (unpaired) electrons. The normalized spacial score (nSPS) is 13.8. The van der Waals surface area contributed by atoms with Crippen molar-refractivity contribution in [3.63, 3.8) is 0 Å². The summed E-state index contributed by atoms with van der Waals surface area (Å²) in [6.07, 6.45) is 7.46. The average molecular weight is 315 g/mol. The van der Waals surface area contributed by atoms with Crippen molar-refractivity contribution in [2.75, 3.05) is 19.0 Å². The number of aromatic nitrogens is 3. The molecule has 2 aromatic heterocycles. The third-order valence-corrected chi connectivity index (χ3v) is 3.72. The molecule has 1 aliphatic rings. The van der Waals surface area contributed by atoms with Gasteiger partial charge in [0.1, 0.15) is 0 Å². The Bertz CT molecular complexity index is 639. The average Bonchev–Trinajstić information content (AvgIpc) is 3.32. The molecule has 0 bridgehead atoms. The van der Waals surface area contributed by atoms with Crippen molar-refractivity contribution >= 4 is 11.8 Å². The van der Waals surface area contributed by atoms with Gasteiger partial charge in [-0.15, -0.1) is 0 Å². The number of rotatable bonds is 7. The number of carbonyl (C=O) groups is 1. The van der Waals surface area contributed by atoms with Crippen molar-refractivity contribution in [1.82, 2.24) is 19.7 Å². The van der Waals surface area contributed by atoms with Gasteiger partial charge in [0.25, 0.3) is 0 Å². The van der Waals surface area contributed by atoms with Crippen molar-refractivity contribution < 1.29 is 9.53 Å². The maximum Gasteiger partial charge on any atom is 0.323 e. The van der Waals surface area contributed by atoms with Crippen molar-refractivity contribution in [2.45, 2.75) is 32.0 Å². The second-order valence-electron chi connectivity index (χ2n) is 5.61. The predicted octanol–water partition coefficient (Wildman–Crippen LogP) is 2.12. The Kier molecular flexibility index (Phi) is 4.87. The van der Waals surface area contributed by atoms with Gasteiger partial charge >= 0.3 is 6.03 Å². The highest BCUT2D eigenvalue weighted by Gasteiger charge is 2.32.